The first-order valence-electron chi connectivity index (χ1n) is 11.2. The third-order valence-electron chi connectivity index (χ3n) is 6.57. The molecule has 0 saturated carbocycles. The largest absolute Gasteiger partial charge is 0.467 e. The molecule has 0 bridgehead atoms. The number of hydrogen-bond donors (Lipinski definition) is 0. The lowest BCUT2D eigenvalue weighted by Gasteiger charge is -2.48. The van der Waals surface area contributed by atoms with Crippen LogP contribution in [0, 0.1) is 0 Å². The van der Waals surface area contributed by atoms with Crippen molar-refractivity contribution in [1.82, 2.24) is 4.90 Å². The second kappa shape index (κ2) is 11.1. The molecule has 1 saturated heterocycles. The number of methoxy groups -OCH3 is 1. The minimum Gasteiger partial charge on any atom is -0.467 e. The summed E-state index contributed by atoms with van der Waals surface area (Å²) >= 11 is 0. The van der Waals surface area contributed by atoms with Crippen LogP contribution < -0.4 is 0 Å². The smallest absolute Gasteiger partial charge is 0.411 e. The van der Waals surface area contributed by atoms with Gasteiger partial charge in [0.05, 0.1) is 19.3 Å². The van der Waals surface area contributed by atoms with Crippen molar-refractivity contribution in [3.05, 3.63) is 35.9 Å². The van der Waals surface area contributed by atoms with Crippen LogP contribution in [-0.2, 0) is 30.1 Å². The van der Waals surface area contributed by atoms with Gasteiger partial charge in [-0.25, -0.2) is 9.59 Å². The first-order valence-corrected chi connectivity index (χ1v) is 14.1. The van der Waals surface area contributed by atoms with Crippen LogP contribution in [0.15, 0.2) is 30.3 Å². The van der Waals surface area contributed by atoms with Crippen molar-refractivity contribution in [2.75, 3.05) is 7.11 Å². The second-order valence-electron chi connectivity index (χ2n) is 9.79. The Morgan fingerprint density at radius 1 is 1.16 bits per heavy atom. The molecule has 0 N–H and O–H groups in total. The van der Waals surface area contributed by atoms with Crippen LogP contribution in [0.1, 0.15) is 52.0 Å². The summed E-state index contributed by atoms with van der Waals surface area (Å²) in [6, 6.07) is 8.16. The van der Waals surface area contributed by atoms with E-state index in [9.17, 15) is 14.4 Å². The molecule has 32 heavy (non-hydrogen) atoms. The summed E-state index contributed by atoms with van der Waals surface area (Å²) in [4.78, 5) is 38.5. The number of likely N-dealkylation sites (tertiary alicyclic amines) is 1. The van der Waals surface area contributed by atoms with Crippen molar-refractivity contribution in [3.8, 4) is 0 Å². The van der Waals surface area contributed by atoms with Crippen LogP contribution in [0.25, 0.3) is 0 Å². The highest BCUT2D eigenvalue weighted by Crippen LogP contribution is 2.40. The van der Waals surface area contributed by atoms with Crippen molar-refractivity contribution < 1.29 is 28.3 Å². The Labute approximate surface area is 192 Å². The highest BCUT2D eigenvalue weighted by atomic mass is 28.4. The number of nitrogens with zero attached hydrogens (tertiary/aromatic N) is 1. The number of carbonyl (C=O) groups is 3. The van der Waals surface area contributed by atoms with E-state index in [0.717, 1.165) is 11.8 Å². The minimum atomic E-state index is -2.15. The molecular formula is C24H37NO6Si. The number of amides is 1. The summed E-state index contributed by atoms with van der Waals surface area (Å²) in [5, 5.41) is -0.0138. The topological polar surface area (TPSA) is 82.1 Å². The molecule has 3 atom stereocenters. The van der Waals surface area contributed by atoms with Crippen LogP contribution in [0.3, 0.4) is 0 Å². The van der Waals surface area contributed by atoms with Crippen molar-refractivity contribution in [1.29, 1.82) is 0 Å². The van der Waals surface area contributed by atoms with Crippen LogP contribution >= 0.6 is 0 Å². The number of benzene rings is 1. The first kappa shape index (κ1) is 26.1. The molecule has 0 radical (unpaired) electrons. The summed E-state index contributed by atoms with van der Waals surface area (Å²) < 4.78 is 17.3. The fraction of sp³-hybridized carbons (Fsp3) is 0.625. The molecule has 0 aliphatic carbocycles. The SMILES string of the molecule is COC(=O)[C@@H]1CC[C@H](O[Si](C)(C)C(C)(C)C)[C@H](CCC=O)N1C(=O)OCc1ccccc1. The van der Waals surface area contributed by atoms with E-state index >= 15 is 0 Å². The second-order valence-corrected chi connectivity index (χ2v) is 14.5. The third kappa shape index (κ3) is 6.42. The third-order valence-corrected chi connectivity index (χ3v) is 11.1. The lowest BCUT2D eigenvalue weighted by atomic mass is 9.90. The fourth-order valence-corrected chi connectivity index (χ4v) is 5.13. The molecule has 0 unspecified atom stereocenters. The van der Waals surface area contributed by atoms with Gasteiger partial charge in [0.1, 0.15) is 18.9 Å². The number of esters is 1. The van der Waals surface area contributed by atoms with Gasteiger partial charge in [-0.3, -0.25) is 4.90 Å². The lowest BCUT2D eigenvalue weighted by molar-refractivity contribution is -0.151. The maximum absolute atomic E-state index is 13.2. The summed E-state index contributed by atoms with van der Waals surface area (Å²) in [5.41, 5.74) is 0.853. The van der Waals surface area contributed by atoms with Gasteiger partial charge in [-0.15, -0.1) is 0 Å². The van der Waals surface area contributed by atoms with Gasteiger partial charge in [-0.05, 0) is 43.0 Å². The monoisotopic (exact) mass is 463 g/mol. The van der Waals surface area contributed by atoms with Crippen LogP contribution in [0.4, 0.5) is 4.79 Å². The highest BCUT2D eigenvalue weighted by Gasteiger charge is 2.48. The molecule has 1 heterocycles. The molecule has 7 nitrogen and oxygen atoms in total. The zero-order valence-electron chi connectivity index (χ0n) is 20.1. The zero-order valence-corrected chi connectivity index (χ0v) is 21.1. The highest BCUT2D eigenvalue weighted by molar-refractivity contribution is 6.74. The van der Waals surface area contributed by atoms with E-state index in [-0.39, 0.29) is 24.2 Å². The number of hydrogen-bond acceptors (Lipinski definition) is 6. The van der Waals surface area contributed by atoms with Gasteiger partial charge in [-0.1, -0.05) is 51.1 Å². The maximum atomic E-state index is 13.2. The quantitative estimate of drug-likeness (QED) is 0.316. The number of aldehydes is 1. The molecule has 1 aliphatic heterocycles. The fourth-order valence-electron chi connectivity index (χ4n) is 3.74. The molecular weight excluding hydrogens is 426 g/mol. The van der Waals surface area contributed by atoms with Gasteiger partial charge >= 0.3 is 12.1 Å². The lowest BCUT2D eigenvalue weighted by Crippen LogP contribution is -2.61. The zero-order chi connectivity index (χ0) is 23.9. The van der Waals surface area contributed by atoms with E-state index in [2.05, 4.69) is 33.9 Å². The Morgan fingerprint density at radius 2 is 1.81 bits per heavy atom. The predicted octanol–water partition coefficient (Wildman–Crippen LogP) is 4.70. The Balaban J connectivity index is 2.32. The molecule has 1 aliphatic rings. The van der Waals surface area contributed by atoms with E-state index in [1.165, 1.54) is 12.0 Å². The van der Waals surface area contributed by atoms with E-state index in [0.29, 0.717) is 19.3 Å². The summed E-state index contributed by atoms with van der Waals surface area (Å²) in [5.74, 6) is -0.483. The van der Waals surface area contributed by atoms with Gasteiger partial charge in [-0.2, -0.15) is 0 Å². The van der Waals surface area contributed by atoms with Gasteiger partial charge in [0.2, 0.25) is 0 Å². The van der Waals surface area contributed by atoms with E-state index in [1.807, 2.05) is 30.3 Å². The Hall–Kier alpha value is -2.19. The molecule has 1 fully saturated rings. The standard InChI is InChI=1S/C24H37NO6Si/c1-24(2,3)32(5,6)31-21-15-14-20(22(27)29-4)25(19(21)13-10-16-26)23(28)30-17-18-11-8-7-9-12-18/h7-9,11-12,16,19-21H,10,13-15,17H2,1-6H3/t19-,20-,21-/m0/s1. The average molecular weight is 464 g/mol. The number of ether oxygens (including phenoxy) is 2. The van der Waals surface area contributed by atoms with Crippen LogP contribution in [-0.4, -0.2) is 56.9 Å². The first-order chi connectivity index (χ1) is 15.0. The summed E-state index contributed by atoms with van der Waals surface area (Å²) in [6.07, 6.45) is 1.65. The molecule has 1 amide bonds. The molecule has 0 aromatic heterocycles. The average Bonchev–Trinajstić information content (AvgIpc) is 2.75. The molecule has 178 valence electrons. The van der Waals surface area contributed by atoms with Crippen molar-refractivity contribution in [2.24, 2.45) is 0 Å². The van der Waals surface area contributed by atoms with Crippen LogP contribution in [0.2, 0.25) is 18.1 Å². The molecule has 2 rings (SSSR count). The molecule has 8 heteroatoms. The number of rotatable bonds is 8. The van der Waals surface area contributed by atoms with E-state index < -0.39 is 32.5 Å². The van der Waals surface area contributed by atoms with E-state index in [4.69, 9.17) is 13.9 Å². The van der Waals surface area contributed by atoms with E-state index in [1.54, 1.807) is 0 Å². The van der Waals surface area contributed by atoms with Gasteiger partial charge in [0.25, 0.3) is 0 Å². The maximum Gasteiger partial charge on any atom is 0.411 e. The molecule has 1 aromatic carbocycles. The Kier molecular flexibility index (Phi) is 9.04. The van der Waals surface area contributed by atoms with Gasteiger partial charge in [0.15, 0.2) is 8.32 Å². The molecule has 0 spiro atoms. The Bertz CT molecular complexity index is 776. The van der Waals surface area contributed by atoms with Crippen molar-refractivity contribution in [2.45, 2.75) is 89.4 Å². The number of piperidine rings is 1. The molecule has 1 aromatic rings. The van der Waals surface area contributed by atoms with Gasteiger partial charge < -0.3 is 18.7 Å². The number of carbonyl (C=O) groups excluding carboxylic acids is 3. The van der Waals surface area contributed by atoms with Crippen LogP contribution in [0.5, 0.6) is 0 Å². The van der Waals surface area contributed by atoms with Gasteiger partial charge in [0, 0.05) is 6.42 Å². The normalized spacial score (nSPS) is 21.7. The predicted molar refractivity (Wildman–Crippen MR) is 125 cm³/mol. The van der Waals surface area contributed by atoms with Crippen molar-refractivity contribution >= 4 is 26.7 Å². The minimum absolute atomic E-state index is 0.0138. The summed E-state index contributed by atoms with van der Waals surface area (Å²) in [7, 11) is -0.836. The summed E-state index contributed by atoms with van der Waals surface area (Å²) in [6.45, 7) is 10.9. The van der Waals surface area contributed by atoms with Crippen molar-refractivity contribution in [3.63, 3.8) is 0 Å². The Morgan fingerprint density at radius 3 is 2.38 bits per heavy atom.